The molecule has 0 aromatic heterocycles. The largest absolute Gasteiger partial charge is 0.572 e. The molecule has 0 fully saturated rings. The summed E-state index contributed by atoms with van der Waals surface area (Å²) in [5, 5.41) is 0. The highest BCUT2D eigenvalue weighted by molar-refractivity contribution is 4.69. The molecule has 3 nitrogen and oxygen atoms in total. The van der Waals surface area contributed by atoms with Gasteiger partial charge in [-0.05, 0) is 0 Å². The van der Waals surface area contributed by atoms with Gasteiger partial charge in [0.2, 0.25) is 0 Å². The minimum Gasteiger partial charge on any atom is -0.466 e. The molecule has 0 unspecified atom stereocenters. The molecule has 0 aromatic carbocycles. The zero-order valence-electron chi connectivity index (χ0n) is 6.80. The second-order valence-corrected chi connectivity index (χ2v) is 1.81. The molecular weight excluding hydrogens is 234 g/mol. The molecule has 15 heavy (non-hydrogen) atoms. The standard InChI is InChI=1S/C6H4F6O3/c7-5(8,9)14-3-1-13-2-4-15-6(10,11)12/h1-4H. The van der Waals surface area contributed by atoms with Crippen molar-refractivity contribution in [2.75, 3.05) is 0 Å². The lowest BCUT2D eigenvalue weighted by Gasteiger charge is -2.03. The number of alkyl halides is 6. The van der Waals surface area contributed by atoms with Gasteiger partial charge in [0, 0.05) is 0 Å². The Kier molecular flexibility index (Phi) is 4.82. The molecule has 0 aliphatic heterocycles. The van der Waals surface area contributed by atoms with E-state index < -0.39 is 12.7 Å². The summed E-state index contributed by atoms with van der Waals surface area (Å²) >= 11 is 0. The van der Waals surface area contributed by atoms with Gasteiger partial charge < -0.3 is 14.2 Å². The van der Waals surface area contributed by atoms with E-state index in [1.54, 1.807) is 0 Å². The first-order valence-corrected chi connectivity index (χ1v) is 3.15. The molecule has 0 heterocycles. The van der Waals surface area contributed by atoms with Crippen molar-refractivity contribution in [1.29, 1.82) is 0 Å². The highest BCUT2D eigenvalue weighted by atomic mass is 19.4. The maximum Gasteiger partial charge on any atom is 0.572 e. The fourth-order valence-electron chi connectivity index (χ4n) is 0.319. The first-order valence-electron chi connectivity index (χ1n) is 3.15. The Morgan fingerprint density at radius 3 is 1.20 bits per heavy atom. The van der Waals surface area contributed by atoms with Crippen LogP contribution in [0.3, 0.4) is 0 Å². The third-order valence-corrected chi connectivity index (χ3v) is 0.672. The number of hydrogen-bond donors (Lipinski definition) is 0. The molecule has 0 radical (unpaired) electrons. The van der Waals surface area contributed by atoms with Gasteiger partial charge in [0.15, 0.2) is 0 Å². The third-order valence-electron chi connectivity index (χ3n) is 0.672. The van der Waals surface area contributed by atoms with Gasteiger partial charge in [-0.3, -0.25) is 0 Å². The average Bonchev–Trinajstić information content (AvgIpc) is 1.98. The van der Waals surface area contributed by atoms with Crippen molar-refractivity contribution in [2.24, 2.45) is 0 Å². The molecule has 0 saturated heterocycles. The van der Waals surface area contributed by atoms with Crippen LogP contribution < -0.4 is 0 Å². The molecule has 0 aliphatic rings. The van der Waals surface area contributed by atoms with Crippen LogP contribution in [0.1, 0.15) is 0 Å². The quantitative estimate of drug-likeness (QED) is 0.556. The summed E-state index contributed by atoms with van der Waals surface area (Å²) in [7, 11) is 0. The van der Waals surface area contributed by atoms with Gasteiger partial charge in [0.25, 0.3) is 0 Å². The van der Waals surface area contributed by atoms with E-state index in [0.29, 0.717) is 12.5 Å². The molecule has 0 bridgehead atoms. The summed E-state index contributed by atoms with van der Waals surface area (Å²) in [6.07, 6.45) is -8.76. The zero-order valence-corrected chi connectivity index (χ0v) is 6.80. The summed E-state index contributed by atoms with van der Waals surface area (Å²) in [4.78, 5) is 0. The Balaban J connectivity index is 3.62. The Morgan fingerprint density at radius 1 is 0.600 bits per heavy atom. The summed E-state index contributed by atoms with van der Waals surface area (Å²) in [6.45, 7) is 0. The van der Waals surface area contributed by atoms with Crippen LogP contribution in [-0.2, 0) is 14.2 Å². The van der Waals surface area contributed by atoms with Crippen LogP contribution in [0, 0.1) is 0 Å². The highest BCUT2D eigenvalue weighted by Gasteiger charge is 2.29. The van der Waals surface area contributed by atoms with Crippen molar-refractivity contribution in [2.45, 2.75) is 12.7 Å². The summed E-state index contributed by atoms with van der Waals surface area (Å²) in [5.74, 6) is 0. The van der Waals surface area contributed by atoms with E-state index in [4.69, 9.17) is 0 Å². The minimum atomic E-state index is -4.87. The lowest BCUT2D eigenvalue weighted by Crippen LogP contribution is -2.08. The van der Waals surface area contributed by atoms with Crippen LogP contribution in [0.15, 0.2) is 25.0 Å². The van der Waals surface area contributed by atoms with Crippen molar-refractivity contribution < 1.29 is 40.6 Å². The lowest BCUT2D eigenvalue weighted by atomic mass is 11.0. The van der Waals surface area contributed by atoms with E-state index in [-0.39, 0.29) is 12.5 Å². The number of hydrogen-bond acceptors (Lipinski definition) is 3. The van der Waals surface area contributed by atoms with Crippen LogP contribution in [0.25, 0.3) is 0 Å². The smallest absolute Gasteiger partial charge is 0.466 e. The van der Waals surface area contributed by atoms with E-state index >= 15 is 0 Å². The van der Waals surface area contributed by atoms with Crippen molar-refractivity contribution in [1.82, 2.24) is 0 Å². The highest BCUT2D eigenvalue weighted by Crippen LogP contribution is 2.17. The van der Waals surface area contributed by atoms with Gasteiger partial charge in [0.05, 0.1) is 0 Å². The zero-order chi connectivity index (χ0) is 11.9. The first kappa shape index (κ1) is 13.5. The van der Waals surface area contributed by atoms with E-state index in [1.165, 1.54) is 0 Å². The minimum absolute atomic E-state index is 0.109. The van der Waals surface area contributed by atoms with Gasteiger partial charge in [-0.15, -0.1) is 26.3 Å². The van der Waals surface area contributed by atoms with E-state index in [0.717, 1.165) is 0 Å². The van der Waals surface area contributed by atoms with Crippen molar-refractivity contribution in [3.63, 3.8) is 0 Å². The monoisotopic (exact) mass is 238 g/mol. The third kappa shape index (κ3) is 12.5. The Hall–Kier alpha value is -1.54. The van der Waals surface area contributed by atoms with E-state index in [9.17, 15) is 26.3 Å². The fraction of sp³-hybridized carbons (Fsp3) is 0.333. The Bertz CT molecular complexity index is 204. The summed E-state index contributed by atoms with van der Waals surface area (Å²) in [6, 6.07) is 0. The molecule has 0 saturated carbocycles. The SMILES string of the molecule is FC(F)(F)OC=COC=COC(F)(F)F. The molecule has 0 aliphatic carbocycles. The van der Waals surface area contributed by atoms with Crippen LogP contribution >= 0.6 is 0 Å². The summed E-state index contributed by atoms with van der Waals surface area (Å²) < 4.78 is 77.8. The molecule has 0 N–H and O–H groups in total. The first-order chi connectivity index (χ1) is 6.71. The molecular formula is C6H4F6O3. The second-order valence-electron chi connectivity index (χ2n) is 1.81. The van der Waals surface area contributed by atoms with E-state index in [2.05, 4.69) is 14.2 Å². The van der Waals surface area contributed by atoms with Gasteiger partial charge in [-0.2, -0.15) is 0 Å². The van der Waals surface area contributed by atoms with Crippen LogP contribution in [-0.4, -0.2) is 12.7 Å². The van der Waals surface area contributed by atoms with Gasteiger partial charge in [-0.1, -0.05) is 0 Å². The topological polar surface area (TPSA) is 27.7 Å². The Morgan fingerprint density at radius 2 is 0.933 bits per heavy atom. The van der Waals surface area contributed by atoms with Crippen LogP contribution in [0.2, 0.25) is 0 Å². The van der Waals surface area contributed by atoms with Crippen LogP contribution in [0.5, 0.6) is 0 Å². The normalized spacial score (nSPS) is 13.5. The molecule has 9 heteroatoms. The molecule has 0 atom stereocenters. The number of ether oxygens (including phenoxy) is 3. The lowest BCUT2D eigenvalue weighted by molar-refractivity contribution is -0.298. The molecule has 0 amide bonds. The number of rotatable bonds is 4. The van der Waals surface area contributed by atoms with Crippen LogP contribution in [0.4, 0.5) is 26.3 Å². The maximum absolute atomic E-state index is 11.3. The fourth-order valence-corrected chi connectivity index (χ4v) is 0.319. The summed E-state index contributed by atoms with van der Waals surface area (Å²) in [5.41, 5.74) is 0. The van der Waals surface area contributed by atoms with Gasteiger partial charge in [0.1, 0.15) is 25.0 Å². The van der Waals surface area contributed by atoms with Crippen molar-refractivity contribution in [3.05, 3.63) is 25.0 Å². The molecule has 88 valence electrons. The average molecular weight is 238 g/mol. The van der Waals surface area contributed by atoms with E-state index in [1.807, 2.05) is 0 Å². The van der Waals surface area contributed by atoms with Crippen molar-refractivity contribution >= 4 is 0 Å². The maximum atomic E-state index is 11.3. The van der Waals surface area contributed by atoms with Gasteiger partial charge >= 0.3 is 12.7 Å². The number of halogens is 6. The predicted molar refractivity (Wildman–Crippen MR) is 33.6 cm³/mol. The predicted octanol–water partition coefficient (Wildman–Crippen LogP) is 3.02. The molecule has 0 rings (SSSR count). The second kappa shape index (κ2) is 5.37. The molecule has 0 spiro atoms. The van der Waals surface area contributed by atoms with Gasteiger partial charge in [-0.25, -0.2) is 0 Å². The molecule has 0 aromatic rings. The van der Waals surface area contributed by atoms with Crippen molar-refractivity contribution in [3.8, 4) is 0 Å². The Labute approximate surface area is 79.5 Å².